The topological polar surface area (TPSA) is 38.7 Å². The Morgan fingerprint density at radius 3 is 2.64 bits per heavy atom. The standard InChI is InChI=1S/C8H13NO2/c1-6(10)7-4-5-8(2,3)11-9-7/h4-5H2,1-3H3. The molecule has 3 nitrogen and oxygen atoms in total. The van der Waals surface area contributed by atoms with E-state index in [0.29, 0.717) is 5.71 Å². The smallest absolute Gasteiger partial charge is 0.177 e. The molecule has 0 spiro atoms. The van der Waals surface area contributed by atoms with Gasteiger partial charge in [0.1, 0.15) is 11.3 Å². The summed E-state index contributed by atoms with van der Waals surface area (Å²) in [7, 11) is 0. The van der Waals surface area contributed by atoms with E-state index >= 15 is 0 Å². The molecule has 11 heavy (non-hydrogen) atoms. The van der Waals surface area contributed by atoms with Crippen LogP contribution in [0.5, 0.6) is 0 Å². The average Bonchev–Trinajstić information content (AvgIpc) is 1.86. The summed E-state index contributed by atoms with van der Waals surface area (Å²) in [6, 6.07) is 0. The number of hydrogen-bond donors (Lipinski definition) is 0. The zero-order valence-corrected chi connectivity index (χ0v) is 7.18. The molecular formula is C8H13NO2. The summed E-state index contributed by atoms with van der Waals surface area (Å²) in [6.45, 7) is 5.45. The lowest BCUT2D eigenvalue weighted by Crippen LogP contribution is -2.30. The summed E-state index contributed by atoms with van der Waals surface area (Å²) in [5, 5.41) is 3.75. The van der Waals surface area contributed by atoms with Crippen molar-refractivity contribution in [3.8, 4) is 0 Å². The van der Waals surface area contributed by atoms with Crippen molar-refractivity contribution in [2.24, 2.45) is 5.16 Å². The predicted octanol–water partition coefficient (Wildman–Crippen LogP) is 1.52. The molecule has 0 unspecified atom stereocenters. The molecule has 0 aromatic rings. The number of Topliss-reactive ketones (excluding diaryl/α,β-unsaturated/α-hetero) is 1. The molecule has 0 bridgehead atoms. The molecule has 62 valence electrons. The molecule has 0 aromatic heterocycles. The van der Waals surface area contributed by atoms with Gasteiger partial charge in [-0.05, 0) is 20.3 Å². The Labute approximate surface area is 66.4 Å². The van der Waals surface area contributed by atoms with Crippen molar-refractivity contribution in [1.82, 2.24) is 0 Å². The van der Waals surface area contributed by atoms with Gasteiger partial charge in [0.05, 0.1) is 0 Å². The normalized spacial score (nSPS) is 21.9. The van der Waals surface area contributed by atoms with Crippen molar-refractivity contribution in [2.45, 2.75) is 39.2 Å². The second kappa shape index (κ2) is 2.64. The van der Waals surface area contributed by atoms with E-state index in [1.807, 2.05) is 13.8 Å². The zero-order chi connectivity index (χ0) is 8.48. The number of carbonyl (C=O) groups is 1. The van der Waals surface area contributed by atoms with Crippen LogP contribution >= 0.6 is 0 Å². The van der Waals surface area contributed by atoms with Gasteiger partial charge in [0.25, 0.3) is 0 Å². The third-order valence-electron chi connectivity index (χ3n) is 1.77. The number of rotatable bonds is 1. The van der Waals surface area contributed by atoms with E-state index in [2.05, 4.69) is 5.16 Å². The lowest BCUT2D eigenvalue weighted by atomic mass is 9.98. The Hall–Kier alpha value is -0.860. The first-order chi connectivity index (χ1) is 5.01. The Morgan fingerprint density at radius 1 is 1.64 bits per heavy atom. The first-order valence-electron chi connectivity index (χ1n) is 3.77. The van der Waals surface area contributed by atoms with Crippen LogP contribution < -0.4 is 0 Å². The molecule has 0 N–H and O–H groups in total. The van der Waals surface area contributed by atoms with Crippen LogP contribution in [0.4, 0.5) is 0 Å². The van der Waals surface area contributed by atoms with E-state index in [1.165, 1.54) is 6.92 Å². The van der Waals surface area contributed by atoms with Gasteiger partial charge in [0.2, 0.25) is 0 Å². The third kappa shape index (κ3) is 2.03. The lowest BCUT2D eigenvalue weighted by molar-refractivity contribution is -0.112. The number of nitrogens with zero attached hydrogens (tertiary/aromatic N) is 1. The summed E-state index contributed by atoms with van der Waals surface area (Å²) in [5.74, 6) is 0.0144. The van der Waals surface area contributed by atoms with Crippen LogP contribution in [0.3, 0.4) is 0 Å². The molecule has 1 heterocycles. The Morgan fingerprint density at radius 2 is 2.27 bits per heavy atom. The fraction of sp³-hybridized carbons (Fsp3) is 0.750. The van der Waals surface area contributed by atoms with Crippen molar-refractivity contribution in [2.75, 3.05) is 0 Å². The number of carbonyl (C=O) groups excluding carboxylic acids is 1. The van der Waals surface area contributed by atoms with Crippen molar-refractivity contribution < 1.29 is 9.63 Å². The van der Waals surface area contributed by atoms with Crippen LogP contribution in [0.25, 0.3) is 0 Å². The van der Waals surface area contributed by atoms with Crippen LogP contribution in [0.15, 0.2) is 5.16 Å². The van der Waals surface area contributed by atoms with E-state index in [9.17, 15) is 4.79 Å². The first kappa shape index (κ1) is 8.24. The zero-order valence-electron chi connectivity index (χ0n) is 7.18. The van der Waals surface area contributed by atoms with Gasteiger partial charge in [-0.15, -0.1) is 0 Å². The second-order valence-corrected chi connectivity index (χ2v) is 3.45. The SMILES string of the molecule is CC(=O)C1=NOC(C)(C)CC1. The van der Waals surface area contributed by atoms with Crippen LogP contribution in [-0.2, 0) is 9.63 Å². The van der Waals surface area contributed by atoms with Gasteiger partial charge in [-0.25, -0.2) is 0 Å². The maximum atomic E-state index is 10.8. The van der Waals surface area contributed by atoms with E-state index < -0.39 is 0 Å². The highest BCUT2D eigenvalue weighted by Gasteiger charge is 2.26. The van der Waals surface area contributed by atoms with E-state index in [-0.39, 0.29) is 11.4 Å². The molecule has 3 heteroatoms. The van der Waals surface area contributed by atoms with E-state index in [0.717, 1.165) is 12.8 Å². The van der Waals surface area contributed by atoms with Crippen LogP contribution in [0.1, 0.15) is 33.6 Å². The third-order valence-corrected chi connectivity index (χ3v) is 1.77. The molecule has 0 amide bonds. The van der Waals surface area contributed by atoms with E-state index in [1.54, 1.807) is 0 Å². The minimum absolute atomic E-state index is 0.0144. The highest BCUT2D eigenvalue weighted by atomic mass is 16.6. The molecule has 0 saturated heterocycles. The molecule has 0 fully saturated rings. The molecule has 0 aliphatic carbocycles. The quantitative estimate of drug-likeness (QED) is 0.575. The van der Waals surface area contributed by atoms with Gasteiger partial charge >= 0.3 is 0 Å². The van der Waals surface area contributed by atoms with Crippen molar-refractivity contribution >= 4 is 11.5 Å². The Balaban J connectivity index is 2.65. The van der Waals surface area contributed by atoms with Crippen LogP contribution in [0.2, 0.25) is 0 Å². The minimum Gasteiger partial charge on any atom is -0.389 e. The number of ketones is 1. The number of oxime groups is 1. The van der Waals surface area contributed by atoms with Gasteiger partial charge < -0.3 is 4.84 Å². The van der Waals surface area contributed by atoms with E-state index in [4.69, 9.17) is 4.84 Å². The average molecular weight is 155 g/mol. The summed E-state index contributed by atoms with van der Waals surface area (Å²) in [6.07, 6.45) is 1.60. The molecule has 0 atom stereocenters. The molecular weight excluding hydrogens is 142 g/mol. The second-order valence-electron chi connectivity index (χ2n) is 3.45. The molecule has 1 aliphatic heterocycles. The van der Waals surface area contributed by atoms with Gasteiger partial charge in [0, 0.05) is 13.3 Å². The molecule has 0 aromatic carbocycles. The monoisotopic (exact) mass is 155 g/mol. The van der Waals surface area contributed by atoms with Gasteiger partial charge in [-0.2, -0.15) is 0 Å². The molecule has 1 aliphatic rings. The van der Waals surface area contributed by atoms with Gasteiger partial charge in [-0.1, -0.05) is 5.16 Å². The highest BCUT2D eigenvalue weighted by molar-refractivity contribution is 6.38. The van der Waals surface area contributed by atoms with Crippen LogP contribution in [-0.4, -0.2) is 17.1 Å². The Kier molecular flexibility index (Phi) is 1.98. The maximum absolute atomic E-state index is 10.8. The molecule has 0 saturated carbocycles. The van der Waals surface area contributed by atoms with Crippen molar-refractivity contribution in [3.05, 3.63) is 0 Å². The summed E-state index contributed by atoms with van der Waals surface area (Å²) >= 11 is 0. The highest BCUT2D eigenvalue weighted by Crippen LogP contribution is 2.22. The number of hydrogen-bond acceptors (Lipinski definition) is 3. The maximum Gasteiger partial charge on any atom is 0.177 e. The van der Waals surface area contributed by atoms with Crippen molar-refractivity contribution in [1.29, 1.82) is 0 Å². The molecule has 1 rings (SSSR count). The fourth-order valence-electron chi connectivity index (χ4n) is 0.930. The summed E-state index contributed by atoms with van der Waals surface area (Å²) < 4.78 is 0. The van der Waals surface area contributed by atoms with Crippen molar-refractivity contribution in [3.63, 3.8) is 0 Å². The Bertz CT molecular complexity index is 206. The first-order valence-corrected chi connectivity index (χ1v) is 3.77. The van der Waals surface area contributed by atoms with Gasteiger partial charge in [-0.3, -0.25) is 4.79 Å². The summed E-state index contributed by atoms with van der Waals surface area (Å²) in [4.78, 5) is 15.9. The predicted molar refractivity (Wildman–Crippen MR) is 42.5 cm³/mol. The fourth-order valence-corrected chi connectivity index (χ4v) is 0.930. The molecule has 0 radical (unpaired) electrons. The largest absolute Gasteiger partial charge is 0.389 e. The summed E-state index contributed by atoms with van der Waals surface area (Å²) in [5.41, 5.74) is 0.364. The lowest BCUT2D eigenvalue weighted by Gasteiger charge is -2.26. The van der Waals surface area contributed by atoms with Crippen LogP contribution in [0, 0.1) is 0 Å². The van der Waals surface area contributed by atoms with Gasteiger partial charge in [0.15, 0.2) is 5.78 Å². The minimum atomic E-state index is -0.195.